The molecule has 0 unspecified atom stereocenters. The standard InChI is InChI=1S/C19H26N4O.HI/c1-15(2)8-10-22-19(20)23-13-17-9-11-21-18(12-17)24-14-16-6-4-3-5-7-16;/h3-7,9,11-12,15H,8,10,13-14H2,1-2H3,(H3,20,22,23);1H. The quantitative estimate of drug-likeness (QED) is 0.362. The van der Waals surface area contributed by atoms with Crippen molar-refractivity contribution in [2.45, 2.75) is 33.4 Å². The first-order valence-electron chi connectivity index (χ1n) is 8.29. The highest BCUT2D eigenvalue weighted by molar-refractivity contribution is 14.0. The first-order valence-corrected chi connectivity index (χ1v) is 8.29. The Morgan fingerprint density at radius 1 is 1.20 bits per heavy atom. The minimum absolute atomic E-state index is 0. The predicted octanol–water partition coefficient (Wildman–Crippen LogP) is 3.73. The van der Waals surface area contributed by atoms with E-state index in [1.807, 2.05) is 42.5 Å². The Morgan fingerprint density at radius 3 is 2.68 bits per heavy atom. The monoisotopic (exact) mass is 454 g/mol. The molecular weight excluding hydrogens is 427 g/mol. The van der Waals surface area contributed by atoms with Gasteiger partial charge in [0, 0.05) is 18.8 Å². The van der Waals surface area contributed by atoms with E-state index >= 15 is 0 Å². The average Bonchev–Trinajstić information content (AvgIpc) is 2.59. The van der Waals surface area contributed by atoms with Gasteiger partial charge in [-0.2, -0.15) is 0 Å². The molecule has 25 heavy (non-hydrogen) atoms. The number of halogens is 1. The van der Waals surface area contributed by atoms with Crippen LogP contribution in [0, 0.1) is 5.92 Å². The summed E-state index contributed by atoms with van der Waals surface area (Å²) in [5.41, 5.74) is 8.00. The Kier molecular flexibility index (Phi) is 9.91. The summed E-state index contributed by atoms with van der Waals surface area (Å²) in [6.07, 6.45) is 2.80. The van der Waals surface area contributed by atoms with Crippen LogP contribution in [0.5, 0.6) is 5.88 Å². The van der Waals surface area contributed by atoms with Gasteiger partial charge in [0.15, 0.2) is 5.96 Å². The van der Waals surface area contributed by atoms with Gasteiger partial charge in [-0.05, 0) is 29.5 Å². The molecule has 0 aliphatic carbocycles. The van der Waals surface area contributed by atoms with Gasteiger partial charge in [0.1, 0.15) is 6.61 Å². The van der Waals surface area contributed by atoms with Crippen LogP contribution in [0.3, 0.4) is 0 Å². The fourth-order valence-electron chi connectivity index (χ4n) is 2.08. The Morgan fingerprint density at radius 2 is 1.96 bits per heavy atom. The van der Waals surface area contributed by atoms with Crippen molar-refractivity contribution in [3.63, 3.8) is 0 Å². The number of guanidine groups is 1. The third-order valence-electron chi connectivity index (χ3n) is 3.49. The molecule has 0 aliphatic heterocycles. The topological polar surface area (TPSA) is 72.5 Å². The van der Waals surface area contributed by atoms with Crippen molar-refractivity contribution >= 4 is 29.9 Å². The summed E-state index contributed by atoms with van der Waals surface area (Å²) in [5.74, 6) is 1.71. The van der Waals surface area contributed by atoms with Crippen LogP contribution in [-0.4, -0.2) is 17.5 Å². The second-order valence-electron chi connectivity index (χ2n) is 6.09. The Bertz CT molecular complexity index is 647. The molecule has 0 atom stereocenters. The zero-order valence-corrected chi connectivity index (χ0v) is 17.1. The van der Waals surface area contributed by atoms with E-state index in [9.17, 15) is 0 Å². The minimum atomic E-state index is 0. The van der Waals surface area contributed by atoms with Crippen LogP contribution < -0.4 is 15.8 Å². The van der Waals surface area contributed by atoms with Crippen LogP contribution in [-0.2, 0) is 13.2 Å². The molecule has 2 aromatic rings. The molecule has 2 rings (SSSR count). The summed E-state index contributed by atoms with van der Waals surface area (Å²) in [4.78, 5) is 8.58. The van der Waals surface area contributed by atoms with Crippen molar-refractivity contribution in [3.05, 3.63) is 59.8 Å². The fourth-order valence-corrected chi connectivity index (χ4v) is 2.08. The van der Waals surface area contributed by atoms with E-state index in [0.717, 1.165) is 24.1 Å². The number of nitrogens with one attached hydrogen (secondary N) is 1. The number of nitrogens with zero attached hydrogens (tertiary/aromatic N) is 2. The number of aromatic nitrogens is 1. The normalized spacial score (nSPS) is 11.1. The van der Waals surface area contributed by atoms with E-state index in [1.165, 1.54) is 0 Å². The van der Waals surface area contributed by atoms with Crippen molar-refractivity contribution in [2.24, 2.45) is 16.6 Å². The summed E-state index contributed by atoms with van der Waals surface area (Å²) in [5, 5.41) is 3.13. The van der Waals surface area contributed by atoms with Crippen LogP contribution in [0.1, 0.15) is 31.4 Å². The van der Waals surface area contributed by atoms with Gasteiger partial charge >= 0.3 is 0 Å². The SMILES string of the molecule is CC(C)CCNC(N)=NCc1ccnc(OCc2ccccc2)c1.I. The van der Waals surface area contributed by atoms with Crippen LogP contribution in [0.15, 0.2) is 53.7 Å². The second kappa shape index (κ2) is 11.7. The Hall–Kier alpha value is -1.83. The fraction of sp³-hybridized carbons (Fsp3) is 0.368. The Balaban J connectivity index is 0.00000312. The molecule has 0 spiro atoms. The van der Waals surface area contributed by atoms with Gasteiger partial charge < -0.3 is 15.8 Å². The number of pyridine rings is 1. The molecule has 1 heterocycles. The molecule has 0 amide bonds. The molecule has 0 fully saturated rings. The van der Waals surface area contributed by atoms with Gasteiger partial charge in [-0.3, -0.25) is 0 Å². The van der Waals surface area contributed by atoms with E-state index in [1.54, 1.807) is 6.20 Å². The smallest absolute Gasteiger partial charge is 0.213 e. The number of benzene rings is 1. The van der Waals surface area contributed by atoms with Gasteiger partial charge in [0.25, 0.3) is 0 Å². The maximum absolute atomic E-state index is 5.87. The molecule has 0 bridgehead atoms. The largest absolute Gasteiger partial charge is 0.473 e. The maximum Gasteiger partial charge on any atom is 0.213 e. The van der Waals surface area contributed by atoms with Crippen molar-refractivity contribution < 1.29 is 4.74 Å². The maximum atomic E-state index is 5.87. The number of hydrogen-bond donors (Lipinski definition) is 2. The molecular formula is C19H27IN4O. The third kappa shape index (κ3) is 8.72. The number of rotatable bonds is 8. The highest BCUT2D eigenvalue weighted by Gasteiger charge is 2.00. The van der Waals surface area contributed by atoms with Crippen LogP contribution in [0.25, 0.3) is 0 Å². The lowest BCUT2D eigenvalue weighted by Crippen LogP contribution is -2.32. The summed E-state index contributed by atoms with van der Waals surface area (Å²) in [7, 11) is 0. The van der Waals surface area contributed by atoms with Crippen molar-refractivity contribution in [1.82, 2.24) is 10.3 Å². The van der Waals surface area contributed by atoms with E-state index < -0.39 is 0 Å². The number of hydrogen-bond acceptors (Lipinski definition) is 3. The highest BCUT2D eigenvalue weighted by Crippen LogP contribution is 2.12. The van der Waals surface area contributed by atoms with Crippen molar-refractivity contribution in [1.29, 1.82) is 0 Å². The summed E-state index contributed by atoms with van der Waals surface area (Å²) >= 11 is 0. The molecule has 0 saturated heterocycles. The van der Waals surface area contributed by atoms with Crippen LogP contribution in [0.4, 0.5) is 0 Å². The van der Waals surface area contributed by atoms with Crippen molar-refractivity contribution in [2.75, 3.05) is 6.54 Å². The average molecular weight is 454 g/mol. The van der Waals surface area contributed by atoms with Gasteiger partial charge in [0.05, 0.1) is 6.54 Å². The molecule has 1 aromatic carbocycles. The van der Waals surface area contributed by atoms with E-state index in [4.69, 9.17) is 10.5 Å². The zero-order valence-electron chi connectivity index (χ0n) is 14.8. The highest BCUT2D eigenvalue weighted by atomic mass is 127. The second-order valence-corrected chi connectivity index (χ2v) is 6.09. The molecule has 5 nitrogen and oxygen atoms in total. The van der Waals surface area contributed by atoms with Gasteiger partial charge in [0.2, 0.25) is 5.88 Å². The Labute approximate surface area is 167 Å². The van der Waals surface area contributed by atoms with Crippen molar-refractivity contribution in [3.8, 4) is 5.88 Å². The lowest BCUT2D eigenvalue weighted by atomic mass is 10.1. The van der Waals surface area contributed by atoms with Gasteiger partial charge in [-0.15, -0.1) is 24.0 Å². The predicted molar refractivity (Wildman–Crippen MR) is 113 cm³/mol. The van der Waals surface area contributed by atoms with E-state index in [0.29, 0.717) is 30.9 Å². The van der Waals surface area contributed by atoms with Crippen LogP contribution >= 0.6 is 24.0 Å². The lowest BCUT2D eigenvalue weighted by molar-refractivity contribution is 0.293. The first kappa shape index (κ1) is 21.2. The molecule has 6 heteroatoms. The van der Waals surface area contributed by atoms with Gasteiger partial charge in [-0.1, -0.05) is 44.2 Å². The van der Waals surface area contributed by atoms with Crippen LogP contribution in [0.2, 0.25) is 0 Å². The first-order chi connectivity index (χ1) is 11.6. The van der Waals surface area contributed by atoms with Gasteiger partial charge in [-0.25, -0.2) is 9.98 Å². The molecule has 0 aliphatic rings. The summed E-state index contributed by atoms with van der Waals surface area (Å²) in [6, 6.07) is 13.8. The number of nitrogens with two attached hydrogens (primary N) is 1. The van der Waals surface area contributed by atoms with E-state index in [-0.39, 0.29) is 24.0 Å². The molecule has 136 valence electrons. The molecule has 0 saturated carbocycles. The molecule has 0 radical (unpaired) electrons. The zero-order chi connectivity index (χ0) is 17.2. The minimum Gasteiger partial charge on any atom is -0.473 e. The molecule has 1 aromatic heterocycles. The lowest BCUT2D eigenvalue weighted by Gasteiger charge is -2.08. The van der Waals surface area contributed by atoms with E-state index in [2.05, 4.69) is 29.1 Å². The third-order valence-corrected chi connectivity index (χ3v) is 3.49. The molecule has 3 N–H and O–H groups in total. The number of ether oxygens (including phenoxy) is 1. The summed E-state index contributed by atoms with van der Waals surface area (Å²) in [6.45, 7) is 6.21. The summed E-state index contributed by atoms with van der Waals surface area (Å²) < 4.78 is 5.72. The number of aliphatic imine (C=N–C) groups is 1.